The Labute approximate surface area is 106 Å². The standard InChI is InChI=1S/C11H11F3OS2/c1-3-9(15)8-6-7(17-11(12,13)14)4-5-10(8)16-2/h4-6H,3H2,1-2H3. The lowest BCUT2D eigenvalue weighted by molar-refractivity contribution is -0.0328. The van der Waals surface area contributed by atoms with Gasteiger partial charge in [0.05, 0.1) is 0 Å². The van der Waals surface area contributed by atoms with E-state index in [9.17, 15) is 18.0 Å². The lowest BCUT2D eigenvalue weighted by Crippen LogP contribution is -2.02. The molecule has 0 atom stereocenters. The van der Waals surface area contributed by atoms with Crippen LogP contribution in [0, 0.1) is 0 Å². The summed E-state index contributed by atoms with van der Waals surface area (Å²) < 4.78 is 36.6. The molecule has 0 amide bonds. The lowest BCUT2D eigenvalue weighted by atomic mass is 10.1. The first-order chi connectivity index (χ1) is 7.87. The van der Waals surface area contributed by atoms with Gasteiger partial charge in [-0.15, -0.1) is 11.8 Å². The molecule has 1 rings (SSSR count). The van der Waals surface area contributed by atoms with Gasteiger partial charge in [-0.25, -0.2) is 0 Å². The summed E-state index contributed by atoms with van der Waals surface area (Å²) in [6, 6.07) is 4.26. The van der Waals surface area contributed by atoms with E-state index in [0.717, 1.165) is 0 Å². The third-order valence-electron chi connectivity index (χ3n) is 2.03. The lowest BCUT2D eigenvalue weighted by Gasteiger charge is -2.09. The molecule has 0 aromatic heterocycles. The molecule has 1 nitrogen and oxygen atoms in total. The van der Waals surface area contributed by atoms with Gasteiger partial charge in [-0.2, -0.15) is 13.2 Å². The average molecular weight is 280 g/mol. The van der Waals surface area contributed by atoms with Gasteiger partial charge in [-0.3, -0.25) is 4.79 Å². The highest BCUT2D eigenvalue weighted by Crippen LogP contribution is 2.38. The van der Waals surface area contributed by atoms with Crippen LogP contribution in [0.2, 0.25) is 0 Å². The largest absolute Gasteiger partial charge is 0.446 e. The van der Waals surface area contributed by atoms with E-state index in [4.69, 9.17) is 0 Å². The zero-order chi connectivity index (χ0) is 13.1. The Morgan fingerprint density at radius 3 is 2.47 bits per heavy atom. The van der Waals surface area contributed by atoms with Gasteiger partial charge in [0.2, 0.25) is 0 Å². The molecule has 0 aliphatic heterocycles. The average Bonchev–Trinajstić information content (AvgIpc) is 2.25. The number of hydrogen-bond donors (Lipinski definition) is 0. The Balaban J connectivity index is 3.09. The third-order valence-corrected chi connectivity index (χ3v) is 3.54. The SMILES string of the molecule is CCC(=O)c1cc(SC(F)(F)F)ccc1SC. The number of thioether (sulfide) groups is 2. The van der Waals surface area contributed by atoms with E-state index < -0.39 is 5.51 Å². The molecular formula is C11H11F3OS2. The first-order valence-electron chi connectivity index (χ1n) is 4.84. The Morgan fingerprint density at radius 1 is 1.35 bits per heavy atom. The fourth-order valence-electron chi connectivity index (χ4n) is 1.29. The summed E-state index contributed by atoms with van der Waals surface area (Å²) in [5, 5.41) is 0. The molecule has 0 aliphatic carbocycles. The predicted molar refractivity (Wildman–Crippen MR) is 64.8 cm³/mol. The van der Waals surface area contributed by atoms with Crippen molar-refractivity contribution in [1.82, 2.24) is 0 Å². The van der Waals surface area contributed by atoms with Crippen molar-refractivity contribution in [3.8, 4) is 0 Å². The van der Waals surface area contributed by atoms with Crippen molar-refractivity contribution in [1.29, 1.82) is 0 Å². The number of benzene rings is 1. The van der Waals surface area contributed by atoms with Gasteiger partial charge in [0.1, 0.15) is 0 Å². The molecule has 0 spiro atoms. The number of halogens is 3. The second kappa shape index (κ2) is 5.82. The molecule has 0 heterocycles. The van der Waals surface area contributed by atoms with Crippen LogP contribution in [0.15, 0.2) is 28.0 Å². The fraction of sp³-hybridized carbons (Fsp3) is 0.364. The molecule has 0 saturated carbocycles. The van der Waals surface area contributed by atoms with Crippen LogP contribution in [-0.4, -0.2) is 17.5 Å². The number of Topliss-reactive ketones (excluding diaryl/α,β-unsaturated/α-hetero) is 1. The van der Waals surface area contributed by atoms with E-state index in [1.165, 1.54) is 23.9 Å². The summed E-state index contributed by atoms with van der Waals surface area (Å²) in [6.45, 7) is 1.69. The normalized spacial score (nSPS) is 11.6. The highest BCUT2D eigenvalue weighted by molar-refractivity contribution is 8.00. The van der Waals surface area contributed by atoms with E-state index in [2.05, 4.69) is 0 Å². The number of carbonyl (C=O) groups is 1. The van der Waals surface area contributed by atoms with Crippen LogP contribution in [0.25, 0.3) is 0 Å². The van der Waals surface area contributed by atoms with Crippen molar-refractivity contribution >= 4 is 29.3 Å². The number of alkyl halides is 3. The molecule has 6 heteroatoms. The molecule has 0 unspecified atom stereocenters. The van der Waals surface area contributed by atoms with E-state index in [-0.39, 0.29) is 28.9 Å². The van der Waals surface area contributed by atoms with E-state index in [1.54, 1.807) is 19.2 Å². The molecule has 0 N–H and O–H groups in total. The molecule has 17 heavy (non-hydrogen) atoms. The van der Waals surface area contributed by atoms with E-state index >= 15 is 0 Å². The van der Waals surface area contributed by atoms with Crippen molar-refractivity contribution < 1.29 is 18.0 Å². The topological polar surface area (TPSA) is 17.1 Å². The molecule has 0 radical (unpaired) electrons. The van der Waals surface area contributed by atoms with Crippen molar-refractivity contribution in [2.45, 2.75) is 28.6 Å². The summed E-state index contributed by atoms with van der Waals surface area (Å²) >= 11 is 1.15. The predicted octanol–water partition coefficient (Wildman–Crippen LogP) is 4.61. The molecule has 0 aliphatic rings. The van der Waals surface area contributed by atoms with Gasteiger partial charge in [0.25, 0.3) is 0 Å². The fourth-order valence-corrected chi connectivity index (χ4v) is 2.47. The van der Waals surface area contributed by atoms with Crippen LogP contribution in [0.4, 0.5) is 13.2 Å². The molecule has 1 aromatic rings. The van der Waals surface area contributed by atoms with Crippen LogP contribution in [0.5, 0.6) is 0 Å². The van der Waals surface area contributed by atoms with Crippen LogP contribution >= 0.6 is 23.5 Å². The second-order valence-corrected chi connectivity index (χ2v) is 5.17. The molecule has 94 valence electrons. The van der Waals surface area contributed by atoms with Crippen molar-refractivity contribution in [3.63, 3.8) is 0 Å². The van der Waals surface area contributed by atoms with Crippen LogP contribution in [-0.2, 0) is 0 Å². The molecule has 0 fully saturated rings. The van der Waals surface area contributed by atoms with Crippen molar-refractivity contribution in [2.24, 2.45) is 0 Å². The van der Waals surface area contributed by atoms with Crippen LogP contribution < -0.4 is 0 Å². The van der Waals surface area contributed by atoms with Gasteiger partial charge in [0.15, 0.2) is 5.78 Å². The molecule has 0 saturated heterocycles. The highest BCUT2D eigenvalue weighted by atomic mass is 32.2. The van der Waals surface area contributed by atoms with Gasteiger partial charge in [0, 0.05) is 21.8 Å². The first-order valence-corrected chi connectivity index (χ1v) is 6.88. The van der Waals surface area contributed by atoms with Crippen LogP contribution in [0.3, 0.4) is 0 Å². The van der Waals surface area contributed by atoms with E-state index in [1.807, 2.05) is 0 Å². The number of carbonyl (C=O) groups excluding carboxylic acids is 1. The summed E-state index contributed by atoms with van der Waals surface area (Å²) in [5.41, 5.74) is -3.96. The highest BCUT2D eigenvalue weighted by Gasteiger charge is 2.29. The Morgan fingerprint density at radius 2 is 2.00 bits per heavy atom. The maximum Gasteiger partial charge on any atom is 0.446 e. The second-order valence-electron chi connectivity index (χ2n) is 3.19. The Kier molecular flexibility index (Phi) is 4.94. The van der Waals surface area contributed by atoms with E-state index in [0.29, 0.717) is 10.5 Å². The van der Waals surface area contributed by atoms with Crippen LogP contribution in [0.1, 0.15) is 23.7 Å². The first kappa shape index (κ1) is 14.4. The summed E-state index contributed by atoms with van der Waals surface area (Å²) in [5.74, 6) is -0.140. The Bertz CT molecular complexity index is 416. The molecule has 0 bridgehead atoms. The smallest absolute Gasteiger partial charge is 0.294 e. The molecule has 1 aromatic carbocycles. The summed E-state index contributed by atoms with van der Waals surface area (Å²) in [4.78, 5) is 12.4. The van der Waals surface area contributed by atoms with Gasteiger partial charge in [-0.1, -0.05) is 6.92 Å². The molecular weight excluding hydrogens is 269 g/mol. The number of hydrogen-bond acceptors (Lipinski definition) is 3. The minimum Gasteiger partial charge on any atom is -0.294 e. The minimum atomic E-state index is -4.33. The maximum absolute atomic E-state index is 12.2. The third kappa shape index (κ3) is 4.27. The van der Waals surface area contributed by atoms with Gasteiger partial charge < -0.3 is 0 Å². The summed E-state index contributed by atoms with van der Waals surface area (Å²) in [6.07, 6.45) is 2.08. The zero-order valence-electron chi connectivity index (χ0n) is 9.30. The van der Waals surface area contributed by atoms with Crippen molar-refractivity contribution in [2.75, 3.05) is 6.26 Å². The number of ketones is 1. The Hall–Kier alpha value is -0.620. The number of rotatable bonds is 4. The maximum atomic E-state index is 12.2. The minimum absolute atomic E-state index is 0.0482. The quantitative estimate of drug-likeness (QED) is 0.592. The summed E-state index contributed by atoms with van der Waals surface area (Å²) in [7, 11) is 0. The van der Waals surface area contributed by atoms with Gasteiger partial charge >= 0.3 is 5.51 Å². The zero-order valence-corrected chi connectivity index (χ0v) is 10.9. The monoisotopic (exact) mass is 280 g/mol. The van der Waals surface area contributed by atoms with Gasteiger partial charge in [-0.05, 0) is 36.2 Å². The van der Waals surface area contributed by atoms with Crippen molar-refractivity contribution in [3.05, 3.63) is 23.8 Å².